The summed E-state index contributed by atoms with van der Waals surface area (Å²) in [5.41, 5.74) is 1.72. The van der Waals surface area contributed by atoms with Gasteiger partial charge < -0.3 is 26.0 Å². The molecule has 146 valence electrons. The number of carbonyl (C=O) groups is 2. The number of carbonyl (C=O) groups excluding carboxylic acids is 2. The zero-order valence-corrected chi connectivity index (χ0v) is 15.2. The van der Waals surface area contributed by atoms with Crippen molar-refractivity contribution < 1.29 is 24.9 Å². The topological polar surface area (TPSA) is 134 Å². The Kier molecular flexibility index (Phi) is 5.56. The van der Waals surface area contributed by atoms with Crippen LogP contribution in [0.2, 0.25) is 0 Å². The Morgan fingerprint density at radius 1 is 1.22 bits per heavy atom. The van der Waals surface area contributed by atoms with Crippen molar-refractivity contribution in [2.75, 3.05) is 11.6 Å². The van der Waals surface area contributed by atoms with E-state index < -0.39 is 30.4 Å². The highest BCUT2D eigenvalue weighted by Crippen LogP contribution is 2.21. The number of aliphatic hydroxyl groups is 3. The maximum atomic E-state index is 12.3. The predicted octanol–water partition coefficient (Wildman–Crippen LogP) is -1.03. The Morgan fingerprint density at radius 3 is 2.48 bits per heavy atom. The highest BCUT2D eigenvalue weighted by molar-refractivity contribution is 6.12. The first-order valence-corrected chi connectivity index (χ1v) is 8.83. The largest absolute Gasteiger partial charge is 0.389 e. The van der Waals surface area contributed by atoms with Gasteiger partial charge in [-0.1, -0.05) is 0 Å². The number of hydrogen-bond donors (Lipinski definition) is 5. The second-order valence-electron chi connectivity index (χ2n) is 7.01. The number of hydrazone groups is 1. The number of rotatable bonds is 4. The highest BCUT2D eigenvalue weighted by atomic mass is 16.4. The molecule has 27 heavy (non-hydrogen) atoms. The van der Waals surface area contributed by atoms with Crippen molar-refractivity contribution in [3.8, 4) is 0 Å². The number of hydrogen-bond acceptors (Lipinski definition) is 7. The lowest BCUT2D eigenvalue weighted by atomic mass is 9.91. The quantitative estimate of drug-likeness (QED) is 0.456. The van der Waals surface area contributed by atoms with Crippen molar-refractivity contribution in [2.45, 2.75) is 50.7 Å². The second kappa shape index (κ2) is 7.73. The molecule has 2 aliphatic rings. The van der Waals surface area contributed by atoms with E-state index in [0.29, 0.717) is 11.3 Å². The number of nitrogens with one attached hydrogen (secondary N) is 2. The van der Waals surface area contributed by atoms with Gasteiger partial charge in [-0.05, 0) is 38.1 Å². The minimum Gasteiger partial charge on any atom is -0.389 e. The standard InChI is InChI=1S/C18H24N4O5/c1-9-7-14(23)22(21-9)12-5-3-11(4-6-12)18(27)19-8-13-16(25)17(26)15(24)10(2)20-13/h3-6,10,13,15-17,20,24-26H,7-8H2,1-2H3,(H,19,27)/t10-,13+,15+,16+,17+/m0/s1. The molecule has 2 aliphatic heterocycles. The molecule has 9 nitrogen and oxygen atoms in total. The SMILES string of the molecule is CC1=NN(c2ccc(C(=O)NC[C@H]3N[C@@H](C)[C@@H](O)[C@@H](O)[C@@H]3O)cc2)C(=O)C1. The molecule has 0 saturated carbocycles. The van der Waals surface area contributed by atoms with Gasteiger partial charge in [-0.3, -0.25) is 9.59 Å². The van der Waals surface area contributed by atoms with Gasteiger partial charge in [-0.25, -0.2) is 5.01 Å². The van der Waals surface area contributed by atoms with Crippen molar-refractivity contribution in [3.63, 3.8) is 0 Å². The van der Waals surface area contributed by atoms with Gasteiger partial charge in [-0.2, -0.15) is 5.10 Å². The van der Waals surface area contributed by atoms with Crippen LogP contribution in [0.3, 0.4) is 0 Å². The van der Waals surface area contributed by atoms with Gasteiger partial charge in [-0.15, -0.1) is 0 Å². The summed E-state index contributed by atoms with van der Waals surface area (Å²) < 4.78 is 0. The lowest BCUT2D eigenvalue weighted by Gasteiger charge is -2.40. The van der Waals surface area contributed by atoms with Gasteiger partial charge in [0.05, 0.1) is 30.4 Å². The van der Waals surface area contributed by atoms with E-state index in [1.807, 2.05) is 0 Å². The molecule has 5 atom stereocenters. The average molecular weight is 376 g/mol. The van der Waals surface area contributed by atoms with Crippen molar-refractivity contribution in [2.24, 2.45) is 5.10 Å². The fourth-order valence-electron chi connectivity index (χ4n) is 3.27. The zero-order chi connectivity index (χ0) is 19.7. The maximum absolute atomic E-state index is 12.3. The third-order valence-corrected chi connectivity index (χ3v) is 4.87. The minimum absolute atomic E-state index is 0.0873. The Hall–Kier alpha value is -2.33. The molecular formula is C18H24N4O5. The molecule has 5 N–H and O–H groups in total. The summed E-state index contributed by atoms with van der Waals surface area (Å²) in [6, 6.07) is 5.48. The van der Waals surface area contributed by atoms with E-state index in [1.54, 1.807) is 38.1 Å². The van der Waals surface area contributed by atoms with E-state index >= 15 is 0 Å². The molecule has 0 bridgehead atoms. The van der Waals surface area contributed by atoms with Crippen molar-refractivity contribution >= 4 is 23.2 Å². The fraction of sp³-hybridized carbons (Fsp3) is 0.500. The first kappa shape index (κ1) is 19.4. The van der Waals surface area contributed by atoms with Crippen LogP contribution < -0.4 is 15.6 Å². The van der Waals surface area contributed by atoms with Crippen LogP contribution in [0.1, 0.15) is 30.6 Å². The predicted molar refractivity (Wildman–Crippen MR) is 98.4 cm³/mol. The van der Waals surface area contributed by atoms with Crippen molar-refractivity contribution in [3.05, 3.63) is 29.8 Å². The molecule has 0 unspecified atom stereocenters. The number of nitrogens with zero attached hydrogens (tertiary/aromatic N) is 2. The lowest BCUT2D eigenvalue weighted by Crippen LogP contribution is -2.66. The van der Waals surface area contributed by atoms with Gasteiger partial charge in [0.1, 0.15) is 6.10 Å². The van der Waals surface area contributed by atoms with E-state index in [-0.39, 0.29) is 24.8 Å². The Balaban J connectivity index is 1.59. The van der Waals surface area contributed by atoms with Crippen LogP contribution in [-0.2, 0) is 4.79 Å². The van der Waals surface area contributed by atoms with Crippen LogP contribution in [0, 0.1) is 0 Å². The molecule has 3 rings (SSSR count). The summed E-state index contributed by atoms with van der Waals surface area (Å²) in [6.07, 6.45) is -3.25. The third-order valence-electron chi connectivity index (χ3n) is 4.87. The number of aliphatic hydroxyl groups excluding tert-OH is 3. The summed E-state index contributed by atoms with van der Waals surface area (Å²) in [6.45, 7) is 3.56. The molecule has 0 aromatic heterocycles. The molecule has 1 aromatic carbocycles. The summed E-state index contributed by atoms with van der Waals surface area (Å²) in [4.78, 5) is 24.2. The summed E-state index contributed by atoms with van der Waals surface area (Å²) in [7, 11) is 0. The zero-order valence-electron chi connectivity index (χ0n) is 15.2. The maximum Gasteiger partial charge on any atom is 0.253 e. The molecule has 0 aliphatic carbocycles. The van der Waals surface area contributed by atoms with Crippen LogP contribution in [0.5, 0.6) is 0 Å². The van der Waals surface area contributed by atoms with E-state index in [1.165, 1.54) is 5.01 Å². The number of benzene rings is 1. The van der Waals surface area contributed by atoms with Crippen LogP contribution in [-0.4, -0.2) is 69.8 Å². The smallest absolute Gasteiger partial charge is 0.253 e. The van der Waals surface area contributed by atoms with Crippen LogP contribution in [0.15, 0.2) is 29.4 Å². The van der Waals surface area contributed by atoms with Crippen LogP contribution >= 0.6 is 0 Å². The molecular weight excluding hydrogens is 352 g/mol. The fourth-order valence-corrected chi connectivity index (χ4v) is 3.27. The third kappa shape index (κ3) is 4.01. The molecule has 0 spiro atoms. The monoisotopic (exact) mass is 376 g/mol. The second-order valence-corrected chi connectivity index (χ2v) is 7.01. The van der Waals surface area contributed by atoms with Gasteiger partial charge >= 0.3 is 0 Å². The van der Waals surface area contributed by atoms with Gasteiger partial charge in [0.15, 0.2) is 0 Å². The van der Waals surface area contributed by atoms with E-state index in [2.05, 4.69) is 15.7 Å². The van der Waals surface area contributed by atoms with Gasteiger partial charge in [0.25, 0.3) is 11.8 Å². The average Bonchev–Trinajstić information content (AvgIpc) is 3.00. The number of amides is 2. The van der Waals surface area contributed by atoms with E-state index in [0.717, 1.165) is 5.71 Å². The summed E-state index contributed by atoms with van der Waals surface area (Å²) in [5, 5.41) is 40.8. The van der Waals surface area contributed by atoms with Crippen molar-refractivity contribution in [1.29, 1.82) is 0 Å². The molecule has 1 fully saturated rings. The van der Waals surface area contributed by atoms with Crippen molar-refractivity contribution in [1.82, 2.24) is 10.6 Å². The first-order chi connectivity index (χ1) is 12.8. The number of anilines is 1. The molecule has 1 saturated heterocycles. The van der Waals surface area contributed by atoms with E-state index in [4.69, 9.17) is 0 Å². The molecule has 2 amide bonds. The molecule has 0 radical (unpaired) electrons. The van der Waals surface area contributed by atoms with Gasteiger partial charge in [0, 0.05) is 23.9 Å². The Bertz CT molecular complexity index is 751. The number of piperidine rings is 1. The van der Waals surface area contributed by atoms with Crippen LogP contribution in [0.25, 0.3) is 0 Å². The Labute approximate surface area is 156 Å². The first-order valence-electron chi connectivity index (χ1n) is 8.83. The summed E-state index contributed by atoms with van der Waals surface area (Å²) >= 11 is 0. The summed E-state index contributed by atoms with van der Waals surface area (Å²) in [5.74, 6) is -0.465. The van der Waals surface area contributed by atoms with Gasteiger partial charge in [0.2, 0.25) is 0 Å². The normalized spacial score (nSPS) is 31.0. The van der Waals surface area contributed by atoms with E-state index in [9.17, 15) is 24.9 Å². The molecule has 1 aromatic rings. The molecule has 9 heteroatoms. The highest BCUT2D eigenvalue weighted by Gasteiger charge is 2.40. The van der Waals surface area contributed by atoms with Crippen LogP contribution in [0.4, 0.5) is 5.69 Å². The lowest BCUT2D eigenvalue weighted by molar-refractivity contribution is -0.116. The Morgan fingerprint density at radius 2 is 1.89 bits per heavy atom. The molecule has 2 heterocycles. The minimum atomic E-state index is -1.27.